The van der Waals surface area contributed by atoms with Crippen LogP contribution in [0.5, 0.6) is 0 Å². The molecular weight excluding hydrogens is 218 g/mol. The fraction of sp³-hybridized carbons (Fsp3) is 0.417. The lowest BCUT2D eigenvalue weighted by atomic mass is 10.1. The molecule has 1 aromatic rings. The number of nitrogens with one attached hydrogen (secondary N) is 1. The van der Waals surface area contributed by atoms with Crippen LogP contribution in [0.2, 0.25) is 0 Å². The Kier molecular flexibility index (Phi) is 5.29. The molecule has 0 saturated heterocycles. The number of benzene rings is 1. The molecule has 0 radical (unpaired) electrons. The molecule has 0 heterocycles. The zero-order valence-electron chi connectivity index (χ0n) is 10.2. The fourth-order valence-electron chi connectivity index (χ4n) is 1.52. The van der Waals surface area contributed by atoms with Crippen LogP contribution >= 0.6 is 0 Å². The summed E-state index contributed by atoms with van der Waals surface area (Å²) in [6, 6.07) is 7.69. The molecule has 1 rings (SSSR count). The SMILES string of the molecule is CCC(Nc1ccc(COC)cc1)/C(N)=N/O. The molecule has 5 nitrogen and oxygen atoms in total. The topological polar surface area (TPSA) is 79.9 Å². The number of amidine groups is 1. The Balaban J connectivity index is 2.67. The highest BCUT2D eigenvalue weighted by Gasteiger charge is 2.10. The van der Waals surface area contributed by atoms with Gasteiger partial charge in [-0.3, -0.25) is 0 Å². The Morgan fingerprint density at radius 2 is 2.12 bits per heavy atom. The maximum atomic E-state index is 8.63. The van der Waals surface area contributed by atoms with Gasteiger partial charge >= 0.3 is 0 Å². The normalized spacial score (nSPS) is 13.4. The number of oxime groups is 1. The van der Waals surface area contributed by atoms with Crippen molar-refractivity contribution in [2.45, 2.75) is 26.0 Å². The minimum absolute atomic E-state index is 0.159. The van der Waals surface area contributed by atoms with E-state index < -0.39 is 0 Å². The van der Waals surface area contributed by atoms with E-state index in [1.807, 2.05) is 31.2 Å². The lowest BCUT2D eigenvalue weighted by Gasteiger charge is -2.16. The predicted octanol–water partition coefficient (Wildman–Crippen LogP) is 1.77. The van der Waals surface area contributed by atoms with Crippen molar-refractivity contribution in [3.63, 3.8) is 0 Å². The van der Waals surface area contributed by atoms with Gasteiger partial charge in [0.2, 0.25) is 0 Å². The van der Waals surface area contributed by atoms with Gasteiger partial charge in [0.05, 0.1) is 12.6 Å². The molecule has 4 N–H and O–H groups in total. The summed E-state index contributed by atoms with van der Waals surface area (Å²) in [5.41, 5.74) is 7.61. The largest absolute Gasteiger partial charge is 0.409 e. The van der Waals surface area contributed by atoms with Gasteiger partial charge in [-0.05, 0) is 24.1 Å². The molecule has 1 unspecified atom stereocenters. The van der Waals surface area contributed by atoms with Crippen molar-refractivity contribution in [1.29, 1.82) is 0 Å². The zero-order chi connectivity index (χ0) is 12.7. The van der Waals surface area contributed by atoms with Crippen LogP contribution in [-0.2, 0) is 11.3 Å². The number of methoxy groups -OCH3 is 1. The molecular formula is C12H19N3O2. The van der Waals surface area contributed by atoms with E-state index in [9.17, 15) is 0 Å². The van der Waals surface area contributed by atoms with Crippen molar-refractivity contribution in [1.82, 2.24) is 0 Å². The van der Waals surface area contributed by atoms with E-state index in [4.69, 9.17) is 15.7 Å². The number of rotatable bonds is 6. The number of nitrogens with two attached hydrogens (primary N) is 1. The van der Waals surface area contributed by atoms with Gasteiger partial charge in [0, 0.05) is 12.8 Å². The highest BCUT2D eigenvalue weighted by Crippen LogP contribution is 2.12. The zero-order valence-corrected chi connectivity index (χ0v) is 10.2. The molecule has 5 heteroatoms. The van der Waals surface area contributed by atoms with E-state index in [1.165, 1.54) is 0 Å². The molecule has 94 valence electrons. The number of ether oxygens (including phenoxy) is 1. The van der Waals surface area contributed by atoms with Crippen molar-refractivity contribution in [3.8, 4) is 0 Å². The second kappa shape index (κ2) is 6.75. The summed E-state index contributed by atoms with van der Waals surface area (Å²) in [6.45, 7) is 2.56. The second-order valence-corrected chi connectivity index (χ2v) is 3.76. The highest BCUT2D eigenvalue weighted by atomic mass is 16.5. The fourth-order valence-corrected chi connectivity index (χ4v) is 1.52. The van der Waals surface area contributed by atoms with Crippen LogP contribution < -0.4 is 11.1 Å². The summed E-state index contributed by atoms with van der Waals surface area (Å²) >= 11 is 0. The minimum atomic E-state index is -0.159. The Labute approximate surface area is 101 Å². The third kappa shape index (κ3) is 3.96. The molecule has 0 aliphatic heterocycles. The second-order valence-electron chi connectivity index (χ2n) is 3.76. The summed E-state index contributed by atoms with van der Waals surface area (Å²) < 4.78 is 5.03. The third-order valence-corrected chi connectivity index (χ3v) is 2.49. The Morgan fingerprint density at radius 1 is 1.47 bits per heavy atom. The Bertz CT molecular complexity index is 363. The molecule has 0 aliphatic carbocycles. The van der Waals surface area contributed by atoms with Gasteiger partial charge in [-0.25, -0.2) is 0 Å². The molecule has 0 aliphatic rings. The van der Waals surface area contributed by atoms with Crippen LogP contribution in [0.25, 0.3) is 0 Å². The maximum Gasteiger partial charge on any atom is 0.161 e. The van der Waals surface area contributed by atoms with E-state index in [1.54, 1.807) is 7.11 Å². The van der Waals surface area contributed by atoms with E-state index in [-0.39, 0.29) is 11.9 Å². The first-order valence-electron chi connectivity index (χ1n) is 5.53. The monoisotopic (exact) mass is 237 g/mol. The first kappa shape index (κ1) is 13.3. The highest BCUT2D eigenvalue weighted by molar-refractivity contribution is 5.87. The average molecular weight is 237 g/mol. The molecule has 0 saturated carbocycles. The quantitative estimate of drug-likeness (QED) is 0.305. The van der Waals surface area contributed by atoms with Crippen LogP contribution in [0.4, 0.5) is 5.69 Å². The molecule has 0 spiro atoms. The van der Waals surface area contributed by atoms with Crippen LogP contribution in [0.1, 0.15) is 18.9 Å². The van der Waals surface area contributed by atoms with Gasteiger partial charge in [0.25, 0.3) is 0 Å². The molecule has 1 atom stereocenters. The van der Waals surface area contributed by atoms with E-state index in [0.717, 1.165) is 17.7 Å². The van der Waals surface area contributed by atoms with Gasteiger partial charge in [-0.2, -0.15) is 0 Å². The van der Waals surface area contributed by atoms with Gasteiger partial charge in [-0.15, -0.1) is 0 Å². The Hall–Kier alpha value is -1.75. The Morgan fingerprint density at radius 3 is 2.59 bits per heavy atom. The van der Waals surface area contributed by atoms with Gasteiger partial charge in [0.1, 0.15) is 0 Å². The van der Waals surface area contributed by atoms with Crippen LogP contribution in [0, 0.1) is 0 Å². The summed E-state index contributed by atoms with van der Waals surface area (Å²) in [5.74, 6) is 0.188. The molecule has 0 aromatic heterocycles. The number of hydrogen-bond donors (Lipinski definition) is 3. The lowest BCUT2D eigenvalue weighted by molar-refractivity contribution is 0.185. The third-order valence-electron chi connectivity index (χ3n) is 2.49. The number of anilines is 1. The van der Waals surface area contributed by atoms with Gasteiger partial charge in [-0.1, -0.05) is 24.2 Å². The molecule has 0 fully saturated rings. The van der Waals surface area contributed by atoms with Crippen LogP contribution in [0.3, 0.4) is 0 Å². The van der Waals surface area contributed by atoms with Crippen molar-refractivity contribution in [2.75, 3.05) is 12.4 Å². The predicted molar refractivity (Wildman–Crippen MR) is 68.3 cm³/mol. The molecule has 0 bridgehead atoms. The number of nitrogens with zero attached hydrogens (tertiary/aromatic N) is 1. The smallest absolute Gasteiger partial charge is 0.161 e. The summed E-state index contributed by atoms with van der Waals surface area (Å²) in [6.07, 6.45) is 0.746. The van der Waals surface area contributed by atoms with E-state index >= 15 is 0 Å². The maximum absolute atomic E-state index is 8.63. The van der Waals surface area contributed by atoms with Crippen molar-refractivity contribution < 1.29 is 9.94 Å². The average Bonchev–Trinajstić information content (AvgIpc) is 2.37. The summed E-state index contributed by atoms with van der Waals surface area (Å²) in [7, 11) is 1.66. The lowest BCUT2D eigenvalue weighted by Crippen LogP contribution is -2.35. The molecule has 1 aromatic carbocycles. The van der Waals surface area contributed by atoms with Crippen molar-refractivity contribution in [3.05, 3.63) is 29.8 Å². The van der Waals surface area contributed by atoms with Crippen LogP contribution in [0.15, 0.2) is 29.4 Å². The van der Waals surface area contributed by atoms with E-state index in [0.29, 0.717) is 6.61 Å². The van der Waals surface area contributed by atoms with E-state index in [2.05, 4.69) is 10.5 Å². The van der Waals surface area contributed by atoms with Crippen molar-refractivity contribution >= 4 is 11.5 Å². The van der Waals surface area contributed by atoms with Crippen molar-refractivity contribution in [2.24, 2.45) is 10.9 Å². The first-order chi connectivity index (χ1) is 8.21. The first-order valence-corrected chi connectivity index (χ1v) is 5.53. The van der Waals surface area contributed by atoms with Crippen LogP contribution in [-0.4, -0.2) is 24.2 Å². The molecule has 0 amide bonds. The summed E-state index contributed by atoms with van der Waals surface area (Å²) in [4.78, 5) is 0. The number of hydrogen-bond acceptors (Lipinski definition) is 4. The minimum Gasteiger partial charge on any atom is -0.409 e. The van der Waals surface area contributed by atoms with Gasteiger partial charge in [0.15, 0.2) is 5.84 Å². The molecule has 17 heavy (non-hydrogen) atoms. The summed E-state index contributed by atoms with van der Waals surface area (Å²) in [5, 5.41) is 14.8. The standard InChI is InChI=1S/C12H19N3O2/c1-3-11(12(13)15-16)14-10-6-4-9(5-7-10)8-17-2/h4-7,11,14,16H,3,8H2,1-2H3,(H2,13,15). The van der Waals surface area contributed by atoms with Gasteiger partial charge < -0.3 is 21.0 Å².